The Morgan fingerprint density at radius 3 is 2.20 bits per heavy atom. The van der Waals surface area contributed by atoms with Crippen LogP contribution in [0.25, 0.3) is 0 Å². The molecule has 0 aliphatic carbocycles. The van der Waals surface area contributed by atoms with Crippen LogP contribution >= 0.6 is 0 Å². The van der Waals surface area contributed by atoms with E-state index in [2.05, 4.69) is 4.74 Å². The monoisotopic (exact) mass is 231 g/mol. The Morgan fingerprint density at radius 2 is 1.87 bits per heavy atom. The molecule has 1 N–H and O–H groups in total. The molecule has 0 spiro atoms. The number of rotatable bonds is 5. The van der Waals surface area contributed by atoms with Crippen LogP contribution in [0.3, 0.4) is 0 Å². The SMILES string of the molecule is COCC(C)(C)NC(=O)C(F)(F)C(F)F. The molecule has 0 aromatic heterocycles. The zero-order valence-corrected chi connectivity index (χ0v) is 8.61. The van der Waals surface area contributed by atoms with Crippen molar-refractivity contribution in [1.29, 1.82) is 0 Å². The molecule has 1 amide bonds. The number of hydrogen-bond donors (Lipinski definition) is 1. The highest BCUT2D eigenvalue weighted by Crippen LogP contribution is 2.23. The van der Waals surface area contributed by atoms with Crippen LogP contribution in [0, 0.1) is 0 Å². The number of halogens is 4. The van der Waals surface area contributed by atoms with E-state index in [1.807, 2.05) is 0 Å². The van der Waals surface area contributed by atoms with E-state index >= 15 is 0 Å². The van der Waals surface area contributed by atoms with E-state index in [9.17, 15) is 22.4 Å². The number of methoxy groups -OCH3 is 1. The zero-order chi connectivity index (χ0) is 12.3. The van der Waals surface area contributed by atoms with Gasteiger partial charge in [-0.3, -0.25) is 4.79 Å². The predicted octanol–water partition coefficient (Wildman–Crippen LogP) is 1.43. The van der Waals surface area contributed by atoms with E-state index in [1.54, 1.807) is 5.32 Å². The van der Waals surface area contributed by atoms with Gasteiger partial charge in [0.1, 0.15) is 0 Å². The van der Waals surface area contributed by atoms with E-state index in [0.29, 0.717) is 0 Å². The first-order valence-electron chi connectivity index (χ1n) is 4.11. The van der Waals surface area contributed by atoms with Gasteiger partial charge in [-0.15, -0.1) is 0 Å². The lowest BCUT2D eigenvalue weighted by molar-refractivity contribution is -0.171. The summed E-state index contributed by atoms with van der Waals surface area (Å²) in [4.78, 5) is 10.8. The first-order chi connectivity index (χ1) is 6.63. The second-order valence-electron chi connectivity index (χ2n) is 3.69. The van der Waals surface area contributed by atoms with Crippen LogP contribution in [0.2, 0.25) is 0 Å². The van der Waals surface area contributed by atoms with Crippen molar-refractivity contribution in [1.82, 2.24) is 5.32 Å². The summed E-state index contributed by atoms with van der Waals surface area (Å²) >= 11 is 0. The molecule has 0 atom stereocenters. The molecule has 0 saturated carbocycles. The van der Waals surface area contributed by atoms with E-state index in [-0.39, 0.29) is 6.61 Å². The highest BCUT2D eigenvalue weighted by Gasteiger charge is 2.50. The quantitative estimate of drug-likeness (QED) is 0.727. The molecule has 0 aliphatic heterocycles. The van der Waals surface area contributed by atoms with Crippen molar-refractivity contribution in [3.8, 4) is 0 Å². The Bertz CT molecular complexity index is 231. The topological polar surface area (TPSA) is 38.3 Å². The number of carbonyl (C=O) groups is 1. The van der Waals surface area contributed by atoms with E-state index in [0.717, 1.165) is 0 Å². The Kier molecular flexibility index (Phi) is 4.51. The summed E-state index contributed by atoms with van der Waals surface area (Å²) in [5.74, 6) is -6.68. The fourth-order valence-corrected chi connectivity index (χ4v) is 0.887. The summed E-state index contributed by atoms with van der Waals surface area (Å²) in [6, 6.07) is 0. The minimum Gasteiger partial charge on any atom is -0.382 e. The molecule has 0 radical (unpaired) electrons. The van der Waals surface area contributed by atoms with Crippen molar-refractivity contribution in [2.24, 2.45) is 0 Å². The summed E-state index contributed by atoms with van der Waals surface area (Å²) in [7, 11) is 1.30. The molecule has 3 nitrogen and oxygen atoms in total. The van der Waals surface area contributed by atoms with Crippen LogP contribution in [-0.2, 0) is 9.53 Å². The van der Waals surface area contributed by atoms with Crippen LogP contribution in [0.5, 0.6) is 0 Å². The third-order valence-corrected chi connectivity index (χ3v) is 1.53. The maximum Gasteiger partial charge on any atom is 0.383 e. The number of nitrogens with one attached hydrogen (secondary N) is 1. The lowest BCUT2D eigenvalue weighted by atomic mass is 10.1. The number of carbonyl (C=O) groups excluding carboxylic acids is 1. The zero-order valence-electron chi connectivity index (χ0n) is 8.61. The molecule has 90 valence electrons. The van der Waals surface area contributed by atoms with Crippen molar-refractivity contribution >= 4 is 5.91 Å². The van der Waals surface area contributed by atoms with E-state index in [1.165, 1.54) is 21.0 Å². The smallest absolute Gasteiger partial charge is 0.382 e. The molecule has 0 aromatic rings. The minimum atomic E-state index is -4.68. The van der Waals surface area contributed by atoms with Gasteiger partial charge in [-0.05, 0) is 13.8 Å². The standard InChI is InChI=1S/C8H13F4NO2/c1-7(2,4-15-3)13-6(14)8(11,12)5(9)10/h5H,4H2,1-3H3,(H,13,14). The predicted molar refractivity (Wildman–Crippen MR) is 45.0 cm³/mol. The molecule has 0 bridgehead atoms. The summed E-state index contributed by atoms with van der Waals surface area (Å²) in [5.41, 5.74) is -1.12. The fraction of sp³-hybridized carbons (Fsp3) is 0.875. The molecule has 7 heteroatoms. The van der Waals surface area contributed by atoms with Crippen LogP contribution in [0.1, 0.15) is 13.8 Å². The van der Waals surface area contributed by atoms with Crippen molar-refractivity contribution in [2.75, 3.05) is 13.7 Å². The van der Waals surface area contributed by atoms with Crippen LogP contribution < -0.4 is 5.32 Å². The summed E-state index contributed by atoms with van der Waals surface area (Å²) in [6.07, 6.45) is -4.02. The second-order valence-corrected chi connectivity index (χ2v) is 3.69. The summed E-state index contributed by atoms with van der Waals surface area (Å²) in [5, 5.41) is 1.78. The number of alkyl halides is 4. The lowest BCUT2D eigenvalue weighted by Crippen LogP contribution is -2.54. The molecule has 0 unspecified atom stereocenters. The van der Waals surface area contributed by atoms with Gasteiger partial charge in [-0.25, -0.2) is 8.78 Å². The van der Waals surface area contributed by atoms with Gasteiger partial charge in [0.25, 0.3) is 5.91 Å². The van der Waals surface area contributed by atoms with Crippen molar-refractivity contribution in [2.45, 2.75) is 31.7 Å². The maximum absolute atomic E-state index is 12.5. The number of amides is 1. The average molecular weight is 231 g/mol. The highest BCUT2D eigenvalue weighted by atomic mass is 19.3. The molecule has 15 heavy (non-hydrogen) atoms. The van der Waals surface area contributed by atoms with Gasteiger partial charge < -0.3 is 10.1 Å². The Labute approximate surface area is 84.8 Å². The van der Waals surface area contributed by atoms with Crippen LogP contribution in [-0.4, -0.2) is 37.5 Å². The molecule has 0 rings (SSSR count). The Hall–Kier alpha value is -0.850. The van der Waals surface area contributed by atoms with Crippen molar-refractivity contribution in [3.05, 3.63) is 0 Å². The minimum absolute atomic E-state index is 0.0575. The third-order valence-electron chi connectivity index (χ3n) is 1.53. The van der Waals surface area contributed by atoms with Crippen LogP contribution in [0.4, 0.5) is 17.6 Å². The largest absolute Gasteiger partial charge is 0.383 e. The normalized spacial score (nSPS) is 13.1. The number of ether oxygens (including phenoxy) is 1. The molecule has 0 aliphatic rings. The molecule has 0 heterocycles. The number of hydrogen-bond acceptors (Lipinski definition) is 2. The molecule has 0 saturated heterocycles. The van der Waals surface area contributed by atoms with Gasteiger partial charge in [0, 0.05) is 7.11 Å². The van der Waals surface area contributed by atoms with E-state index < -0.39 is 23.8 Å². The summed E-state index contributed by atoms with van der Waals surface area (Å²) in [6.45, 7) is 2.71. The molecule has 0 fully saturated rings. The van der Waals surface area contributed by atoms with Gasteiger partial charge in [-0.2, -0.15) is 8.78 Å². The van der Waals surface area contributed by atoms with Gasteiger partial charge in [-0.1, -0.05) is 0 Å². The molecular formula is C8H13F4NO2. The maximum atomic E-state index is 12.5. The van der Waals surface area contributed by atoms with Crippen molar-refractivity contribution in [3.63, 3.8) is 0 Å². The average Bonchev–Trinajstić information content (AvgIpc) is 2.02. The van der Waals surface area contributed by atoms with Gasteiger partial charge in [0.15, 0.2) is 0 Å². The van der Waals surface area contributed by atoms with Gasteiger partial charge >= 0.3 is 12.3 Å². The van der Waals surface area contributed by atoms with Gasteiger partial charge in [0.05, 0.1) is 12.1 Å². The van der Waals surface area contributed by atoms with E-state index in [4.69, 9.17) is 0 Å². The lowest BCUT2D eigenvalue weighted by Gasteiger charge is -2.27. The van der Waals surface area contributed by atoms with Crippen molar-refractivity contribution < 1.29 is 27.1 Å². The molecule has 0 aromatic carbocycles. The highest BCUT2D eigenvalue weighted by molar-refractivity contribution is 5.84. The molecular weight excluding hydrogens is 218 g/mol. The second kappa shape index (κ2) is 4.78. The van der Waals surface area contributed by atoms with Gasteiger partial charge in [0.2, 0.25) is 0 Å². The first-order valence-corrected chi connectivity index (χ1v) is 4.11. The summed E-state index contributed by atoms with van der Waals surface area (Å²) < 4.78 is 53.2. The Morgan fingerprint density at radius 1 is 1.40 bits per heavy atom. The van der Waals surface area contributed by atoms with Crippen LogP contribution in [0.15, 0.2) is 0 Å². The third kappa shape index (κ3) is 4.03. The first kappa shape index (κ1) is 14.2. The fourth-order valence-electron chi connectivity index (χ4n) is 0.887. The Balaban J connectivity index is 4.49.